The van der Waals surface area contributed by atoms with Gasteiger partial charge in [-0.25, -0.2) is 0 Å². The number of fused-ring (bicyclic) bond motifs is 1. The molecule has 6 heteroatoms. The van der Waals surface area contributed by atoms with E-state index in [0.717, 1.165) is 31.9 Å². The predicted octanol–water partition coefficient (Wildman–Crippen LogP) is 4.17. The third kappa shape index (κ3) is 6.09. The molecule has 0 amide bonds. The molecule has 3 rings (SSSR count). The van der Waals surface area contributed by atoms with Crippen LogP contribution in [-0.2, 0) is 6.42 Å². The number of halogens is 1. The first-order chi connectivity index (χ1) is 11.9. The van der Waals surface area contributed by atoms with Gasteiger partial charge in [-0.05, 0) is 50.0 Å². The third-order valence-electron chi connectivity index (χ3n) is 4.39. The zero-order valence-corrected chi connectivity index (χ0v) is 18.0. The van der Waals surface area contributed by atoms with Gasteiger partial charge >= 0.3 is 0 Å². The van der Waals surface area contributed by atoms with Crippen molar-refractivity contribution in [1.29, 1.82) is 0 Å². The van der Waals surface area contributed by atoms with Crippen LogP contribution in [0.4, 0.5) is 0 Å². The quantitative estimate of drug-likeness (QED) is 0.256. The first-order valence-corrected chi connectivity index (χ1v) is 10.2. The van der Waals surface area contributed by atoms with Crippen LogP contribution in [0, 0.1) is 0 Å². The third-order valence-corrected chi connectivity index (χ3v) is 5.61. The molecule has 1 unspecified atom stereocenters. The maximum absolute atomic E-state index is 4.76. The number of benzene rings is 1. The van der Waals surface area contributed by atoms with E-state index in [1.807, 2.05) is 11.8 Å². The number of nitrogens with zero attached hydrogens (tertiary/aromatic N) is 1. The van der Waals surface area contributed by atoms with Gasteiger partial charge in [-0.2, -0.15) is 11.8 Å². The maximum atomic E-state index is 4.76. The molecule has 1 fully saturated rings. The van der Waals surface area contributed by atoms with Gasteiger partial charge in [-0.1, -0.05) is 18.2 Å². The molecule has 4 nitrogen and oxygen atoms in total. The average molecular weight is 472 g/mol. The van der Waals surface area contributed by atoms with Crippen LogP contribution in [0.15, 0.2) is 35.5 Å². The van der Waals surface area contributed by atoms with Crippen molar-refractivity contribution in [1.82, 2.24) is 15.6 Å². The normalized spacial score (nSPS) is 18.0. The van der Waals surface area contributed by atoms with Crippen molar-refractivity contribution in [2.45, 2.75) is 38.6 Å². The number of thioether (sulfide) groups is 1. The summed E-state index contributed by atoms with van der Waals surface area (Å²) in [6, 6.07) is 9.07. The van der Waals surface area contributed by atoms with Gasteiger partial charge in [0.25, 0.3) is 0 Å². The summed E-state index contributed by atoms with van der Waals surface area (Å²) < 4.78 is 0. The number of hydrogen-bond donors (Lipinski definition) is 3. The maximum Gasteiger partial charge on any atom is 0.191 e. The molecule has 0 bridgehead atoms. The molecule has 0 radical (unpaired) electrons. The summed E-state index contributed by atoms with van der Waals surface area (Å²) in [5.74, 6) is 3.47. The fourth-order valence-electron chi connectivity index (χ4n) is 3.17. The summed E-state index contributed by atoms with van der Waals surface area (Å²) in [6.07, 6.45) is 6.83. The summed E-state index contributed by atoms with van der Waals surface area (Å²) in [7, 11) is 0. The summed E-state index contributed by atoms with van der Waals surface area (Å²) in [6.45, 7) is 3.89. The molecule has 1 aromatic heterocycles. The van der Waals surface area contributed by atoms with Crippen molar-refractivity contribution in [3.05, 3.63) is 36.0 Å². The Bertz CT molecular complexity index is 664. The van der Waals surface area contributed by atoms with Gasteiger partial charge in [-0.3, -0.25) is 4.99 Å². The number of nitrogens with one attached hydrogen (secondary N) is 3. The van der Waals surface area contributed by atoms with Crippen LogP contribution in [-0.4, -0.2) is 41.6 Å². The topological polar surface area (TPSA) is 52.2 Å². The van der Waals surface area contributed by atoms with Gasteiger partial charge in [0.05, 0.1) is 0 Å². The Hall–Kier alpha value is -0.890. The molecule has 0 spiro atoms. The lowest BCUT2D eigenvalue weighted by molar-refractivity contribution is 0.582. The molecule has 3 N–H and O–H groups in total. The van der Waals surface area contributed by atoms with Crippen LogP contribution in [0.1, 0.15) is 31.7 Å². The van der Waals surface area contributed by atoms with Gasteiger partial charge in [0.2, 0.25) is 0 Å². The van der Waals surface area contributed by atoms with E-state index in [4.69, 9.17) is 4.99 Å². The number of para-hydroxylation sites is 1. The Morgan fingerprint density at radius 1 is 1.36 bits per heavy atom. The zero-order chi connectivity index (χ0) is 16.6. The van der Waals surface area contributed by atoms with E-state index < -0.39 is 0 Å². The fraction of sp³-hybridized carbons (Fsp3) is 0.526. The Kier molecular flexibility index (Phi) is 8.95. The molecule has 1 saturated heterocycles. The first-order valence-electron chi connectivity index (χ1n) is 9.04. The van der Waals surface area contributed by atoms with E-state index in [2.05, 4.69) is 53.0 Å². The lowest BCUT2D eigenvalue weighted by Crippen LogP contribution is -2.45. The van der Waals surface area contributed by atoms with Gasteiger partial charge in [-0.15, -0.1) is 24.0 Å². The predicted molar refractivity (Wildman–Crippen MR) is 121 cm³/mol. The SMILES string of the molecule is CCNC(=NCCCc1c[nH]c2ccccc12)NC1CCCSC1.I. The number of hydrogen-bond acceptors (Lipinski definition) is 2. The number of aromatic nitrogens is 1. The van der Waals surface area contributed by atoms with E-state index in [0.29, 0.717) is 6.04 Å². The minimum absolute atomic E-state index is 0. The molecule has 1 atom stereocenters. The molecule has 0 aliphatic carbocycles. The van der Waals surface area contributed by atoms with E-state index in [1.54, 1.807) is 0 Å². The number of guanidine groups is 1. The molecular weight excluding hydrogens is 443 g/mol. The van der Waals surface area contributed by atoms with Crippen molar-refractivity contribution in [3.63, 3.8) is 0 Å². The minimum atomic E-state index is 0. The fourth-order valence-corrected chi connectivity index (χ4v) is 4.24. The molecule has 2 heterocycles. The molecule has 2 aromatic rings. The van der Waals surface area contributed by atoms with Crippen molar-refractivity contribution in [2.24, 2.45) is 4.99 Å². The van der Waals surface area contributed by atoms with E-state index in [-0.39, 0.29) is 24.0 Å². The first kappa shape index (κ1) is 20.4. The molecule has 1 aromatic carbocycles. The van der Waals surface area contributed by atoms with Crippen LogP contribution < -0.4 is 10.6 Å². The summed E-state index contributed by atoms with van der Waals surface area (Å²) in [5.41, 5.74) is 2.61. The smallest absolute Gasteiger partial charge is 0.191 e. The van der Waals surface area contributed by atoms with E-state index >= 15 is 0 Å². The highest BCUT2D eigenvalue weighted by Crippen LogP contribution is 2.19. The molecule has 138 valence electrons. The summed E-state index contributed by atoms with van der Waals surface area (Å²) in [4.78, 5) is 8.11. The van der Waals surface area contributed by atoms with Crippen LogP contribution >= 0.6 is 35.7 Å². The standard InChI is InChI=1S/C19H28N4S.HI/c1-2-20-19(23-16-8-6-12-24-14-16)21-11-5-7-15-13-22-18-10-4-3-9-17(15)18;/h3-4,9-10,13,16,22H,2,5-8,11-12,14H2,1H3,(H2,20,21,23);1H. The number of rotatable bonds is 6. The molecular formula is C19H29IN4S. The highest BCUT2D eigenvalue weighted by Gasteiger charge is 2.14. The lowest BCUT2D eigenvalue weighted by atomic mass is 10.1. The van der Waals surface area contributed by atoms with Crippen molar-refractivity contribution < 1.29 is 0 Å². The van der Waals surface area contributed by atoms with Crippen molar-refractivity contribution >= 4 is 52.6 Å². The van der Waals surface area contributed by atoms with Crippen LogP contribution in [0.25, 0.3) is 10.9 Å². The number of aryl methyl sites for hydroxylation is 1. The van der Waals surface area contributed by atoms with E-state index in [1.165, 1.54) is 40.8 Å². The Labute approximate surface area is 172 Å². The zero-order valence-electron chi connectivity index (χ0n) is 14.9. The van der Waals surface area contributed by atoms with Crippen molar-refractivity contribution in [2.75, 3.05) is 24.6 Å². The second-order valence-corrected chi connectivity index (χ2v) is 7.43. The number of H-pyrrole nitrogens is 1. The van der Waals surface area contributed by atoms with Gasteiger partial charge < -0.3 is 15.6 Å². The Balaban J connectivity index is 0.00000225. The van der Waals surface area contributed by atoms with Crippen LogP contribution in [0.5, 0.6) is 0 Å². The van der Waals surface area contributed by atoms with Gasteiger partial charge in [0.15, 0.2) is 5.96 Å². The second kappa shape index (κ2) is 11.0. The number of aromatic amines is 1. The van der Waals surface area contributed by atoms with Gasteiger partial charge in [0.1, 0.15) is 0 Å². The largest absolute Gasteiger partial charge is 0.361 e. The molecule has 0 saturated carbocycles. The average Bonchev–Trinajstić information content (AvgIpc) is 3.03. The highest BCUT2D eigenvalue weighted by molar-refractivity contribution is 14.0. The summed E-state index contributed by atoms with van der Waals surface area (Å²) in [5, 5.41) is 8.31. The monoisotopic (exact) mass is 472 g/mol. The van der Waals surface area contributed by atoms with Crippen LogP contribution in [0.2, 0.25) is 0 Å². The van der Waals surface area contributed by atoms with Crippen LogP contribution in [0.3, 0.4) is 0 Å². The molecule has 25 heavy (non-hydrogen) atoms. The molecule has 1 aliphatic heterocycles. The number of aliphatic imine (C=N–C) groups is 1. The lowest BCUT2D eigenvalue weighted by Gasteiger charge is -2.24. The Morgan fingerprint density at radius 3 is 3.04 bits per heavy atom. The summed E-state index contributed by atoms with van der Waals surface area (Å²) >= 11 is 2.04. The van der Waals surface area contributed by atoms with E-state index in [9.17, 15) is 0 Å². The van der Waals surface area contributed by atoms with Crippen molar-refractivity contribution in [3.8, 4) is 0 Å². The van der Waals surface area contributed by atoms with Gasteiger partial charge in [0, 0.05) is 42.0 Å². The second-order valence-electron chi connectivity index (χ2n) is 6.28. The molecule has 1 aliphatic rings. The highest BCUT2D eigenvalue weighted by atomic mass is 127. The Morgan fingerprint density at radius 2 is 2.24 bits per heavy atom. The minimum Gasteiger partial charge on any atom is -0.361 e.